The first-order chi connectivity index (χ1) is 6.31. The van der Waals surface area contributed by atoms with Gasteiger partial charge in [0.05, 0.1) is 6.10 Å². The number of hydrogen-bond donors (Lipinski definition) is 0. The molecule has 0 aliphatic carbocycles. The molecule has 2 aliphatic rings. The van der Waals surface area contributed by atoms with E-state index in [0.717, 1.165) is 17.9 Å². The van der Waals surface area contributed by atoms with E-state index in [1.165, 1.54) is 0 Å². The zero-order chi connectivity index (χ0) is 8.89. The summed E-state index contributed by atoms with van der Waals surface area (Å²) < 4.78 is 17.8. The van der Waals surface area contributed by atoms with E-state index in [2.05, 4.69) is 0 Å². The molecule has 0 amide bonds. The summed E-state index contributed by atoms with van der Waals surface area (Å²) in [5.74, 6) is 0.0647. The van der Waals surface area contributed by atoms with Crippen molar-refractivity contribution in [2.24, 2.45) is 0 Å². The van der Waals surface area contributed by atoms with Crippen LogP contribution in [0, 0.1) is 0 Å². The SMILES string of the molecule is O=P1(c2ccccc2)CCC2OC21. The van der Waals surface area contributed by atoms with E-state index in [9.17, 15) is 4.57 Å². The number of benzene rings is 1. The van der Waals surface area contributed by atoms with Crippen LogP contribution in [0.5, 0.6) is 0 Å². The Labute approximate surface area is 77.3 Å². The second-order valence-electron chi connectivity index (χ2n) is 3.71. The summed E-state index contributed by atoms with van der Waals surface area (Å²) in [5, 5.41) is 1.00. The van der Waals surface area contributed by atoms with Gasteiger partial charge in [0.15, 0.2) is 0 Å². The van der Waals surface area contributed by atoms with Gasteiger partial charge < -0.3 is 9.30 Å². The summed E-state index contributed by atoms with van der Waals surface area (Å²) in [4.78, 5) is 0. The fraction of sp³-hybridized carbons (Fsp3) is 0.400. The second-order valence-corrected chi connectivity index (χ2v) is 6.77. The van der Waals surface area contributed by atoms with Gasteiger partial charge in [0.1, 0.15) is 13.0 Å². The Morgan fingerprint density at radius 2 is 2.08 bits per heavy atom. The summed E-state index contributed by atoms with van der Waals surface area (Å²) >= 11 is 0. The average molecular weight is 194 g/mol. The smallest absolute Gasteiger partial charge is 0.145 e. The molecule has 2 heterocycles. The Morgan fingerprint density at radius 3 is 2.62 bits per heavy atom. The van der Waals surface area contributed by atoms with Gasteiger partial charge in [-0.3, -0.25) is 0 Å². The lowest BCUT2D eigenvalue weighted by Crippen LogP contribution is -2.07. The van der Waals surface area contributed by atoms with E-state index in [1.54, 1.807) is 0 Å². The molecule has 0 N–H and O–H groups in total. The van der Waals surface area contributed by atoms with Crippen LogP contribution in [0.4, 0.5) is 0 Å². The van der Waals surface area contributed by atoms with Gasteiger partial charge in [-0.15, -0.1) is 0 Å². The van der Waals surface area contributed by atoms with E-state index in [1.807, 2.05) is 30.3 Å². The molecule has 3 unspecified atom stereocenters. The molecule has 1 aromatic carbocycles. The molecule has 3 heteroatoms. The highest BCUT2D eigenvalue weighted by Crippen LogP contribution is 2.65. The lowest BCUT2D eigenvalue weighted by molar-refractivity contribution is 0.380. The van der Waals surface area contributed by atoms with Gasteiger partial charge in [0, 0.05) is 11.5 Å². The first-order valence-electron chi connectivity index (χ1n) is 4.60. The predicted molar refractivity (Wildman–Crippen MR) is 51.8 cm³/mol. The zero-order valence-electron chi connectivity index (χ0n) is 7.22. The zero-order valence-corrected chi connectivity index (χ0v) is 8.11. The summed E-state index contributed by atoms with van der Waals surface area (Å²) in [5.41, 5.74) is 0. The van der Waals surface area contributed by atoms with Crippen LogP contribution >= 0.6 is 7.14 Å². The van der Waals surface area contributed by atoms with Crippen molar-refractivity contribution in [1.82, 2.24) is 0 Å². The van der Waals surface area contributed by atoms with Crippen molar-refractivity contribution >= 4 is 12.4 Å². The first kappa shape index (κ1) is 7.78. The molecule has 2 nitrogen and oxygen atoms in total. The number of fused-ring (bicyclic) bond motifs is 1. The Morgan fingerprint density at radius 1 is 1.31 bits per heavy atom. The molecule has 3 rings (SSSR count). The van der Waals surface area contributed by atoms with Gasteiger partial charge in [0.25, 0.3) is 0 Å². The molecule has 2 saturated heterocycles. The normalized spacial score (nSPS) is 41.5. The number of hydrogen-bond acceptors (Lipinski definition) is 2. The Balaban J connectivity index is 2.05. The van der Waals surface area contributed by atoms with Crippen LogP contribution in [0.3, 0.4) is 0 Å². The number of rotatable bonds is 1. The van der Waals surface area contributed by atoms with E-state index in [4.69, 9.17) is 4.74 Å². The third kappa shape index (κ3) is 1.02. The third-order valence-electron chi connectivity index (χ3n) is 2.91. The Bertz CT molecular complexity index is 374. The van der Waals surface area contributed by atoms with Crippen molar-refractivity contribution in [3.05, 3.63) is 30.3 Å². The van der Waals surface area contributed by atoms with Crippen molar-refractivity contribution in [2.75, 3.05) is 6.16 Å². The fourth-order valence-corrected chi connectivity index (χ4v) is 5.27. The van der Waals surface area contributed by atoms with E-state index >= 15 is 0 Å². The molecule has 0 spiro atoms. The molecule has 3 atom stereocenters. The van der Waals surface area contributed by atoms with E-state index in [0.29, 0.717) is 6.10 Å². The largest absolute Gasteiger partial charge is 0.361 e. The monoisotopic (exact) mass is 194 g/mol. The predicted octanol–water partition coefficient (Wildman–Crippen LogP) is 1.80. The fourth-order valence-electron chi connectivity index (χ4n) is 2.11. The molecule has 1 aromatic rings. The number of ether oxygens (including phenoxy) is 1. The molecule has 13 heavy (non-hydrogen) atoms. The van der Waals surface area contributed by atoms with Crippen molar-refractivity contribution in [3.8, 4) is 0 Å². The lowest BCUT2D eigenvalue weighted by atomic mass is 10.4. The molecule has 2 fully saturated rings. The molecule has 68 valence electrons. The van der Waals surface area contributed by atoms with Gasteiger partial charge >= 0.3 is 0 Å². The minimum Gasteiger partial charge on any atom is -0.361 e. The van der Waals surface area contributed by atoms with Crippen LogP contribution in [0.15, 0.2) is 30.3 Å². The van der Waals surface area contributed by atoms with Crippen LogP contribution in [-0.4, -0.2) is 18.1 Å². The maximum atomic E-state index is 12.5. The van der Waals surface area contributed by atoms with Crippen LogP contribution < -0.4 is 5.30 Å². The third-order valence-corrected chi connectivity index (χ3v) is 6.28. The van der Waals surface area contributed by atoms with Gasteiger partial charge in [-0.1, -0.05) is 30.3 Å². The lowest BCUT2D eigenvalue weighted by Gasteiger charge is -2.11. The van der Waals surface area contributed by atoms with Crippen molar-refractivity contribution in [1.29, 1.82) is 0 Å². The topological polar surface area (TPSA) is 29.6 Å². The van der Waals surface area contributed by atoms with Crippen molar-refractivity contribution in [2.45, 2.75) is 18.4 Å². The second kappa shape index (κ2) is 2.46. The summed E-state index contributed by atoms with van der Waals surface area (Å²) in [6.45, 7) is 0. The molecule has 0 saturated carbocycles. The quantitative estimate of drug-likeness (QED) is 0.504. The van der Waals surface area contributed by atoms with Gasteiger partial charge in [0.2, 0.25) is 0 Å². The van der Waals surface area contributed by atoms with Crippen LogP contribution in [0.1, 0.15) is 6.42 Å². The Hall–Kier alpha value is -0.590. The standard InChI is InChI=1S/C10H11O2P/c11-13(7-6-9-10(13)12-9)8-4-2-1-3-5-8/h1-5,9-10H,6-7H2. The first-order valence-corrected chi connectivity index (χ1v) is 6.57. The van der Waals surface area contributed by atoms with Crippen molar-refractivity contribution < 1.29 is 9.30 Å². The summed E-state index contributed by atoms with van der Waals surface area (Å²) in [6.07, 6.45) is 2.13. The highest BCUT2D eigenvalue weighted by Gasteiger charge is 2.58. The molecular weight excluding hydrogens is 183 g/mol. The molecule has 0 aromatic heterocycles. The highest BCUT2D eigenvalue weighted by atomic mass is 31.2. The molecule has 2 aliphatic heterocycles. The molecule has 0 radical (unpaired) electrons. The maximum absolute atomic E-state index is 12.5. The average Bonchev–Trinajstić information content (AvgIpc) is 2.90. The van der Waals surface area contributed by atoms with E-state index < -0.39 is 7.14 Å². The van der Waals surface area contributed by atoms with Crippen molar-refractivity contribution in [3.63, 3.8) is 0 Å². The van der Waals surface area contributed by atoms with Gasteiger partial charge in [-0.25, -0.2) is 0 Å². The maximum Gasteiger partial charge on any atom is 0.145 e. The summed E-state index contributed by atoms with van der Waals surface area (Å²) in [7, 11) is -2.16. The molecular formula is C10H11O2P. The minimum atomic E-state index is -2.16. The van der Waals surface area contributed by atoms with Crippen LogP contribution in [-0.2, 0) is 9.30 Å². The van der Waals surface area contributed by atoms with Crippen LogP contribution in [0.2, 0.25) is 0 Å². The highest BCUT2D eigenvalue weighted by molar-refractivity contribution is 7.72. The van der Waals surface area contributed by atoms with E-state index in [-0.39, 0.29) is 5.85 Å². The van der Waals surface area contributed by atoms with Gasteiger partial charge in [-0.2, -0.15) is 0 Å². The van der Waals surface area contributed by atoms with Gasteiger partial charge in [-0.05, 0) is 6.42 Å². The summed E-state index contributed by atoms with van der Waals surface area (Å²) in [6, 6.07) is 9.78. The minimum absolute atomic E-state index is 0.0647. The number of epoxide rings is 1. The Kier molecular flexibility index (Phi) is 1.47. The molecule has 0 bridgehead atoms. The van der Waals surface area contributed by atoms with Crippen LogP contribution in [0.25, 0.3) is 0 Å².